The molecule has 7 heteroatoms. The van der Waals surface area contributed by atoms with Crippen molar-refractivity contribution in [2.75, 3.05) is 14.2 Å². The largest absolute Gasteiger partial charge is 0.465 e. The third-order valence-corrected chi connectivity index (χ3v) is 3.98. The molecule has 0 aromatic heterocycles. The minimum absolute atomic E-state index is 0.0409. The van der Waals surface area contributed by atoms with Crippen molar-refractivity contribution in [3.63, 3.8) is 0 Å². The average molecular weight is 342 g/mol. The van der Waals surface area contributed by atoms with E-state index in [9.17, 15) is 19.7 Å². The standard InChI is InChI=1S/C18H18N2O5/c1-12(13-7-5-4-6-8-13)19(2)17(21)14-9-15(18(22)25-3)11-16(10-14)20(23)24/h4-12H,1-3H3. The predicted molar refractivity (Wildman–Crippen MR) is 91.4 cm³/mol. The molecule has 0 N–H and O–H groups in total. The number of benzene rings is 2. The van der Waals surface area contributed by atoms with Crippen LogP contribution in [0.25, 0.3) is 0 Å². The molecule has 130 valence electrons. The summed E-state index contributed by atoms with van der Waals surface area (Å²) in [4.78, 5) is 36.4. The Morgan fingerprint density at radius 3 is 2.28 bits per heavy atom. The summed E-state index contributed by atoms with van der Waals surface area (Å²) in [7, 11) is 2.78. The quantitative estimate of drug-likeness (QED) is 0.473. The highest BCUT2D eigenvalue weighted by Gasteiger charge is 2.23. The maximum absolute atomic E-state index is 12.7. The fraction of sp³-hybridized carbons (Fsp3) is 0.222. The lowest BCUT2D eigenvalue weighted by Crippen LogP contribution is -2.29. The van der Waals surface area contributed by atoms with Crippen molar-refractivity contribution in [3.8, 4) is 0 Å². The molecule has 2 rings (SSSR count). The molecule has 0 aliphatic carbocycles. The summed E-state index contributed by atoms with van der Waals surface area (Å²) in [5, 5.41) is 11.1. The number of rotatable bonds is 5. The van der Waals surface area contributed by atoms with Crippen molar-refractivity contribution in [3.05, 3.63) is 75.3 Å². The average Bonchev–Trinajstić information content (AvgIpc) is 2.65. The van der Waals surface area contributed by atoms with Crippen molar-refractivity contribution in [2.45, 2.75) is 13.0 Å². The lowest BCUT2D eigenvalue weighted by atomic mass is 10.0. The molecule has 0 spiro atoms. The maximum Gasteiger partial charge on any atom is 0.338 e. The molecule has 1 unspecified atom stereocenters. The van der Waals surface area contributed by atoms with E-state index >= 15 is 0 Å². The molecule has 0 aliphatic rings. The molecule has 0 bridgehead atoms. The lowest BCUT2D eigenvalue weighted by Gasteiger charge is -2.25. The van der Waals surface area contributed by atoms with Crippen LogP contribution in [0.15, 0.2) is 48.5 Å². The van der Waals surface area contributed by atoms with Crippen LogP contribution >= 0.6 is 0 Å². The molecule has 0 heterocycles. The van der Waals surface area contributed by atoms with E-state index in [0.29, 0.717) is 0 Å². The first-order valence-electron chi connectivity index (χ1n) is 7.55. The van der Waals surface area contributed by atoms with Gasteiger partial charge in [0.05, 0.1) is 23.6 Å². The van der Waals surface area contributed by atoms with Crippen molar-refractivity contribution in [1.82, 2.24) is 4.90 Å². The molecular formula is C18H18N2O5. The SMILES string of the molecule is COC(=O)c1cc(C(=O)N(C)C(C)c2ccccc2)cc([N+](=O)[O-])c1. The van der Waals surface area contributed by atoms with Gasteiger partial charge >= 0.3 is 5.97 Å². The highest BCUT2D eigenvalue weighted by molar-refractivity contribution is 5.99. The van der Waals surface area contributed by atoms with Crippen LogP contribution in [-0.2, 0) is 4.74 Å². The van der Waals surface area contributed by atoms with Crippen LogP contribution in [0.2, 0.25) is 0 Å². The summed E-state index contributed by atoms with van der Waals surface area (Å²) < 4.78 is 4.60. The Hall–Kier alpha value is -3.22. The number of hydrogen-bond donors (Lipinski definition) is 0. The molecule has 0 radical (unpaired) electrons. The van der Waals surface area contributed by atoms with Crippen LogP contribution in [0, 0.1) is 10.1 Å². The number of nitrogens with zero attached hydrogens (tertiary/aromatic N) is 2. The molecule has 25 heavy (non-hydrogen) atoms. The number of nitro groups is 1. The number of carbonyl (C=O) groups is 2. The fourth-order valence-corrected chi connectivity index (χ4v) is 2.41. The Morgan fingerprint density at radius 1 is 1.12 bits per heavy atom. The summed E-state index contributed by atoms with van der Waals surface area (Å²) in [6, 6.07) is 12.7. The smallest absolute Gasteiger partial charge is 0.338 e. The summed E-state index contributed by atoms with van der Waals surface area (Å²) in [5.74, 6) is -1.17. The Bertz CT molecular complexity index is 804. The zero-order chi connectivity index (χ0) is 18.6. The summed E-state index contributed by atoms with van der Waals surface area (Å²) in [6.07, 6.45) is 0. The number of nitro benzene ring substituents is 1. The summed E-state index contributed by atoms with van der Waals surface area (Å²) >= 11 is 0. The second-order valence-corrected chi connectivity index (χ2v) is 5.52. The molecule has 0 fully saturated rings. The van der Waals surface area contributed by atoms with Gasteiger partial charge in [-0.15, -0.1) is 0 Å². The van der Waals surface area contributed by atoms with E-state index in [-0.39, 0.29) is 22.9 Å². The van der Waals surface area contributed by atoms with Gasteiger partial charge in [0.15, 0.2) is 0 Å². The Kier molecular flexibility index (Phi) is 5.49. The first kappa shape index (κ1) is 18.1. The van der Waals surface area contributed by atoms with Crippen LogP contribution in [0.4, 0.5) is 5.69 Å². The van der Waals surface area contributed by atoms with Gasteiger partial charge in [-0.25, -0.2) is 4.79 Å². The first-order valence-corrected chi connectivity index (χ1v) is 7.55. The van der Waals surface area contributed by atoms with Gasteiger partial charge in [0.1, 0.15) is 0 Å². The predicted octanol–water partition coefficient (Wildman–Crippen LogP) is 3.21. The van der Waals surface area contributed by atoms with Crippen molar-refractivity contribution >= 4 is 17.6 Å². The third-order valence-electron chi connectivity index (χ3n) is 3.98. The van der Waals surface area contributed by atoms with Gasteiger partial charge in [-0.05, 0) is 18.6 Å². The van der Waals surface area contributed by atoms with E-state index in [1.807, 2.05) is 37.3 Å². The lowest BCUT2D eigenvalue weighted by molar-refractivity contribution is -0.384. The Morgan fingerprint density at radius 2 is 1.72 bits per heavy atom. The van der Waals surface area contributed by atoms with E-state index < -0.39 is 16.8 Å². The van der Waals surface area contributed by atoms with Gasteiger partial charge in [0.25, 0.3) is 11.6 Å². The van der Waals surface area contributed by atoms with Crippen molar-refractivity contribution in [2.24, 2.45) is 0 Å². The summed E-state index contributed by atoms with van der Waals surface area (Å²) in [5.41, 5.74) is 0.602. The second kappa shape index (κ2) is 7.57. The molecule has 1 atom stereocenters. The van der Waals surface area contributed by atoms with E-state index in [1.165, 1.54) is 18.1 Å². The van der Waals surface area contributed by atoms with E-state index in [2.05, 4.69) is 4.74 Å². The molecule has 0 saturated carbocycles. The van der Waals surface area contributed by atoms with Gasteiger partial charge in [-0.1, -0.05) is 30.3 Å². The van der Waals surface area contributed by atoms with Gasteiger partial charge in [-0.2, -0.15) is 0 Å². The van der Waals surface area contributed by atoms with Crippen molar-refractivity contribution in [1.29, 1.82) is 0 Å². The van der Waals surface area contributed by atoms with E-state index in [4.69, 9.17) is 0 Å². The highest BCUT2D eigenvalue weighted by Crippen LogP contribution is 2.23. The third kappa shape index (κ3) is 4.00. The highest BCUT2D eigenvalue weighted by atomic mass is 16.6. The zero-order valence-corrected chi connectivity index (χ0v) is 14.1. The summed E-state index contributed by atoms with van der Waals surface area (Å²) in [6.45, 7) is 1.85. The number of esters is 1. The maximum atomic E-state index is 12.7. The van der Waals surface area contributed by atoms with E-state index in [1.54, 1.807) is 7.05 Å². The normalized spacial score (nSPS) is 11.5. The van der Waals surface area contributed by atoms with Crippen LogP contribution in [0.3, 0.4) is 0 Å². The van der Waals surface area contributed by atoms with Crippen LogP contribution in [0.5, 0.6) is 0 Å². The number of carbonyl (C=O) groups excluding carboxylic acids is 2. The molecule has 0 aliphatic heterocycles. The molecule has 2 aromatic carbocycles. The minimum atomic E-state index is -0.739. The van der Waals surface area contributed by atoms with Crippen LogP contribution in [0.1, 0.15) is 39.2 Å². The number of hydrogen-bond acceptors (Lipinski definition) is 5. The van der Waals surface area contributed by atoms with E-state index in [0.717, 1.165) is 17.7 Å². The van der Waals surface area contributed by atoms with Gasteiger partial charge in [0, 0.05) is 24.7 Å². The number of non-ortho nitro benzene ring substituents is 1. The van der Waals surface area contributed by atoms with Crippen LogP contribution in [-0.4, -0.2) is 35.9 Å². The van der Waals surface area contributed by atoms with Gasteiger partial charge < -0.3 is 9.64 Å². The molecule has 0 saturated heterocycles. The Labute approximate surface area is 145 Å². The minimum Gasteiger partial charge on any atom is -0.465 e. The van der Waals surface area contributed by atoms with Gasteiger partial charge in [-0.3, -0.25) is 14.9 Å². The monoisotopic (exact) mass is 342 g/mol. The molecular weight excluding hydrogens is 324 g/mol. The molecule has 2 aromatic rings. The Balaban J connectivity index is 2.39. The number of amides is 1. The molecule has 7 nitrogen and oxygen atoms in total. The number of ether oxygens (including phenoxy) is 1. The number of methoxy groups -OCH3 is 1. The topological polar surface area (TPSA) is 89.8 Å². The first-order chi connectivity index (χ1) is 11.8. The van der Waals surface area contributed by atoms with Crippen molar-refractivity contribution < 1.29 is 19.2 Å². The fourth-order valence-electron chi connectivity index (χ4n) is 2.41. The van der Waals surface area contributed by atoms with Gasteiger partial charge in [0.2, 0.25) is 0 Å². The molecule has 1 amide bonds. The second-order valence-electron chi connectivity index (χ2n) is 5.52. The van der Waals surface area contributed by atoms with Crippen LogP contribution < -0.4 is 0 Å². The zero-order valence-electron chi connectivity index (χ0n) is 14.1.